The summed E-state index contributed by atoms with van der Waals surface area (Å²) < 4.78 is 0. The number of benzene rings is 1. The van der Waals surface area contributed by atoms with Gasteiger partial charge in [-0.15, -0.1) is 0 Å². The maximum atomic E-state index is 12.7. The highest BCUT2D eigenvalue weighted by molar-refractivity contribution is 6.00. The second kappa shape index (κ2) is 7.89. The van der Waals surface area contributed by atoms with Crippen LogP contribution in [0.3, 0.4) is 0 Å². The van der Waals surface area contributed by atoms with Crippen LogP contribution in [0.2, 0.25) is 0 Å². The Morgan fingerprint density at radius 3 is 2.46 bits per heavy atom. The van der Waals surface area contributed by atoms with E-state index in [-0.39, 0.29) is 17.7 Å². The molecule has 0 spiro atoms. The molecule has 6 heteroatoms. The minimum Gasteiger partial charge on any atom is -0.481 e. The molecule has 1 aromatic carbocycles. The van der Waals surface area contributed by atoms with Crippen LogP contribution in [0.15, 0.2) is 18.2 Å². The van der Waals surface area contributed by atoms with Crippen molar-refractivity contribution in [3.8, 4) is 0 Å². The van der Waals surface area contributed by atoms with E-state index in [1.165, 1.54) is 0 Å². The number of hydrogen-bond donors (Lipinski definition) is 2. The van der Waals surface area contributed by atoms with E-state index in [0.29, 0.717) is 30.5 Å². The molecule has 1 saturated carbocycles. The van der Waals surface area contributed by atoms with Gasteiger partial charge in [-0.1, -0.05) is 12.5 Å². The third kappa shape index (κ3) is 3.89. The number of carboxylic acids is 1. The molecular weight excluding hydrogens is 332 g/mol. The van der Waals surface area contributed by atoms with Gasteiger partial charge in [-0.25, -0.2) is 0 Å². The van der Waals surface area contributed by atoms with Crippen molar-refractivity contribution in [2.45, 2.75) is 45.4 Å². The average molecular weight is 358 g/mol. The molecule has 0 radical (unpaired) electrons. The first kappa shape index (κ1) is 18.4. The molecule has 6 nitrogen and oxygen atoms in total. The predicted octanol–water partition coefficient (Wildman–Crippen LogP) is 3.06. The summed E-state index contributed by atoms with van der Waals surface area (Å²) in [5.41, 5.74) is 2.03. The molecule has 26 heavy (non-hydrogen) atoms. The number of rotatable bonds is 4. The summed E-state index contributed by atoms with van der Waals surface area (Å²) in [6, 6.07) is 5.38. The second-order valence-electron chi connectivity index (χ2n) is 7.37. The highest BCUT2D eigenvalue weighted by Crippen LogP contribution is 2.31. The van der Waals surface area contributed by atoms with Crippen molar-refractivity contribution < 1.29 is 19.5 Å². The van der Waals surface area contributed by atoms with E-state index in [4.69, 9.17) is 0 Å². The Balaban J connectivity index is 1.71. The molecular formula is C20H26N2O4. The van der Waals surface area contributed by atoms with Crippen LogP contribution in [0.1, 0.15) is 54.4 Å². The summed E-state index contributed by atoms with van der Waals surface area (Å²) in [5.74, 6) is -1.69. The zero-order valence-corrected chi connectivity index (χ0v) is 15.2. The molecule has 1 saturated heterocycles. The van der Waals surface area contributed by atoms with Crippen LogP contribution in [0.25, 0.3) is 0 Å². The number of nitrogens with zero attached hydrogens (tertiary/aromatic N) is 1. The quantitative estimate of drug-likeness (QED) is 0.866. The van der Waals surface area contributed by atoms with Crippen LogP contribution in [0.4, 0.5) is 5.69 Å². The van der Waals surface area contributed by atoms with Gasteiger partial charge in [0.25, 0.3) is 5.91 Å². The molecule has 0 aromatic heterocycles. The molecule has 2 atom stereocenters. The Hall–Kier alpha value is -2.37. The topological polar surface area (TPSA) is 86.7 Å². The fourth-order valence-electron chi connectivity index (χ4n) is 3.98. The number of carboxylic acid groups (broad SMARTS) is 1. The van der Waals surface area contributed by atoms with Gasteiger partial charge in [0.05, 0.1) is 5.92 Å². The molecule has 1 aliphatic heterocycles. The molecule has 2 N–H and O–H groups in total. The number of aliphatic carboxylic acids is 1. The third-order valence-corrected chi connectivity index (χ3v) is 5.61. The van der Waals surface area contributed by atoms with Crippen molar-refractivity contribution in [3.05, 3.63) is 29.3 Å². The monoisotopic (exact) mass is 358 g/mol. The van der Waals surface area contributed by atoms with Gasteiger partial charge < -0.3 is 15.3 Å². The van der Waals surface area contributed by atoms with E-state index >= 15 is 0 Å². The summed E-state index contributed by atoms with van der Waals surface area (Å²) in [4.78, 5) is 38.4. The highest BCUT2D eigenvalue weighted by atomic mass is 16.4. The van der Waals surface area contributed by atoms with E-state index in [1.54, 1.807) is 18.2 Å². The summed E-state index contributed by atoms with van der Waals surface area (Å²) in [6.45, 7) is 3.42. The molecule has 2 aliphatic rings. The molecule has 0 bridgehead atoms. The van der Waals surface area contributed by atoms with Gasteiger partial charge in [-0.2, -0.15) is 0 Å². The lowest BCUT2D eigenvalue weighted by Crippen LogP contribution is -2.31. The Kier molecular flexibility index (Phi) is 5.59. The van der Waals surface area contributed by atoms with Crippen molar-refractivity contribution in [1.29, 1.82) is 0 Å². The predicted molar refractivity (Wildman–Crippen MR) is 98.0 cm³/mol. The number of likely N-dealkylation sites (tertiary alicyclic amines) is 1. The van der Waals surface area contributed by atoms with Crippen LogP contribution in [0.5, 0.6) is 0 Å². The second-order valence-corrected chi connectivity index (χ2v) is 7.37. The highest BCUT2D eigenvalue weighted by Gasteiger charge is 2.31. The van der Waals surface area contributed by atoms with Crippen molar-refractivity contribution in [2.75, 3.05) is 18.4 Å². The van der Waals surface area contributed by atoms with Crippen LogP contribution in [0, 0.1) is 18.8 Å². The normalized spacial score (nSPS) is 22.9. The van der Waals surface area contributed by atoms with E-state index < -0.39 is 11.9 Å². The number of nitrogens with one attached hydrogen (secondary N) is 1. The number of amides is 2. The van der Waals surface area contributed by atoms with Gasteiger partial charge in [0.15, 0.2) is 0 Å². The van der Waals surface area contributed by atoms with Crippen molar-refractivity contribution in [3.63, 3.8) is 0 Å². The van der Waals surface area contributed by atoms with Gasteiger partial charge in [0, 0.05) is 30.3 Å². The molecule has 2 fully saturated rings. The first-order valence-electron chi connectivity index (χ1n) is 9.40. The van der Waals surface area contributed by atoms with E-state index in [0.717, 1.165) is 37.9 Å². The fraction of sp³-hybridized carbons (Fsp3) is 0.550. The summed E-state index contributed by atoms with van der Waals surface area (Å²) in [5, 5.41) is 12.1. The van der Waals surface area contributed by atoms with Gasteiger partial charge >= 0.3 is 5.97 Å². The maximum absolute atomic E-state index is 12.7. The van der Waals surface area contributed by atoms with Gasteiger partial charge in [0.2, 0.25) is 5.91 Å². The lowest BCUT2D eigenvalue weighted by Gasteiger charge is -2.26. The standard InChI is InChI=1S/C20H26N2O4/c1-13-16(19(24)22-10-2-3-11-22)8-5-9-17(13)21-18(23)14-6-4-7-15(12-14)20(25)26/h5,8-9,14-15H,2-4,6-7,10-12H2,1H3,(H,21,23)(H,25,26). The summed E-state index contributed by atoms with van der Waals surface area (Å²) in [7, 11) is 0. The number of carbonyl (C=O) groups is 3. The van der Waals surface area contributed by atoms with E-state index in [1.807, 2.05) is 11.8 Å². The molecule has 1 aromatic rings. The third-order valence-electron chi connectivity index (χ3n) is 5.61. The van der Waals surface area contributed by atoms with Gasteiger partial charge in [0.1, 0.15) is 0 Å². The lowest BCUT2D eigenvalue weighted by molar-refractivity contribution is -0.143. The first-order chi connectivity index (χ1) is 12.5. The lowest BCUT2D eigenvalue weighted by atomic mass is 9.81. The summed E-state index contributed by atoms with van der Waals surface area (Å²) in [6.07, 6.45) is 4.55. The SMILES string of the molecule is Cc1c(NC(=O)C2CCCC(C(=O)O)C2)cccc1C(=O)N1CCCC1. The number of carbonyl (C=O) groups excluding carboxylic acids is 2. The molecule has 2 amide bonds. The van der Waals surface area contributed by atoms with Crippen molar-refractivity contribution >= 4 is 23.5 Å². The fourth-order valence-corrected chi connectivity index (χ4v) is 3.98. The van der Waals surface area contributed by atoms with Crippen LogP contribution < -0.4 is 5.32 Å². The molecule has 1 aliphatic carbocycles. The Labute approximate surface area is 153 Å². The van der Waals surface area contributed by atoms with Crippen LogP contribution in [-0.2, 0) is 9.59 Å². The van der Waals surface area contributed by atoms with E-state index in [2.05, 4.69) is 5.32 Å². The number of hydrogen-bond acceptors (Lipinski definition) is 3. The molecule has 1 heterocycles. The van der Waals surface area contributed by atoms with Crippen LogP contribution in [-0.4, -0.2) is 40.9 Å². The molecule has 2 unspecified atom stereocenters. The first-order valence-corrected chi connectivity index (χ1v) is 9.40. The minimum absolute atomic E-state index is 0.0136. The molecule has 140 valence electrons. The smallest absolute Gasteiger partial charge is 0.306 e. The van der Waals surface area contributed by atoms with Crippen molar-refractivity contribution in [2.24, 2.45) is 11.8 Å². The Morgan fingerprint density at radius 1 is 1.08 bits per heavy atom. The largest absolute Gasteiger partial charge is 0.481 e. The minimum atomic E-state index is -0.822. The average Bonchev–Trinajstić information content (AvgIpc) is 3.17. The summed E-state index contributed by atoms with van der Waals surface area (Å²) >= 11 is 0. The van der Waals surface area contributed by atoms with Gasteiger partial charge in [-0.3, -0.25) is 14.4 Å². The zero-order chi connectivity index (χ0) is 18.7. The van der Waals surface area contributed by atoms with Crippen LogP contribution >= 0.6 is 0 Å². The maximum Gasteiger partial charge on any atom is 0.306 e. The van der Waals surface area contributed by atoms with E-state index in [9.17, 15) is 19.5 Å². The number of anilines is 1. The molecule has 3 rings (SSSR count). The Morgan fingerprint density at radius 2 is 1.77 bits per heavy atom. The Bertz CT molecular complexity index is 710. The zero-order valence-electron chi connectivity index (χ0n) is 15.2. The van der Waals surface area contributed by atoms with Crippen molar-refractivity contribution in [1.82, 2.24) is 4.90 Å². The van der Waals surface area contributed by atoms with Gasteiger partial charge in [-0.05, 0) is 56.7 Å².